The van der Waals surface area contributed by atoms with E-state index in [1.165, 1.54) is 16.7 Å². The summed E-state index contributed by atoms with van der Waals surface area (Å²) < 4.78 is 0. The molecule has 0 saturated carbocycles. The molecule has 2 aliphatic rings. The van der Waals surface area contributed by atoms with Gasteiger partial charge in [0, 0.05) is 5.92 Å². The maximum absolute atomic E-state index is 10.3. The number of hydrogen-bond donors (Lipinski definition) is 3. The van der Waals surface area contributed by atoms with Crippen molar-refractivity contribution in [2.24, 2.45) is 16.7 Å². The molecule has 4 atom stereocenters. The van der Waals surface area contributed by atoms with Gasteiger partial charge in [-0.05, 0) is 76.4 Å². The van der Waals surface area contributed by atoms with E-state index < -0.39 is 12.2 Å². The van der Waals surface area contributed by atoms with Crippen molar-refractivity contribution in [3.8, 4) is 0 Å². The lowest BCUT2D eigenvalue weighted by Gasteiger charge is -2.38. The Bertz CT molecular complexity index is 1310. The molecule has 0 spiro atoms. The molecule has 0 amide bonds. The first-order valence-corrected chi connectivity index (χ1v) is 15.6. The molecular weight excluding hydrogens is 528 g/mol. The van der Waals surface area contributed by atoms with Crippen molar-refractivity contribution in [3.63, 3.8) is 0 Å². The standard InChI is InChI=1S/C40H56O3/c1-28(17-13-19-30(3)21-23-35-32(5)25-34(41)26-39(35,7)8)15-11-12-16-29(2)18-14-20-31(4)22-24-36-33(6)38(43)37(42)27-40(36,9)10/h11-25,34-35,37-38,41-43H,26-27H2,1-10H3/b12-11+,17-13+,18-14+,23-21+,24-22+,28-15+,29-16+,30-19+,31-20+/t34-,35+,37+,38-/m1/s1. The van der Waals surface area contributed by atoms with Crippen LogP contribution < -0.4 is 0 Å². The second-order valence-electron chi connectivity index (χ2n) is 13.8. The molecule has 0 bridgehead atoms. The van der Waals surface area contributed by atoms with Gasteiger partial charge >= 0.3 is 0 Å². The lowest BCUT2D eigenvalue weighted by atomic mass is 9.67. The van der Waals surface area contributed by atoms with Crippen molar-refractivity contribution in [1.29, 1.82) is 0 Å². The minimum absolute atomic E-state index is 0.0496. The number of rotatable bonds is 10. The highest BCUT2D eigenvalue weighted by atomic mass is 16.3. The molecule has 0 heterocycles. The monoisotopic (exact) mass is 584 g/mol. The zero-order valence-corrected chi connectivity index (χ0v) is 28.2. The van der Waals surface area contributed by atoms with Crippen molar-refractivity contribution in [2.45, 2.75) is 100 Å². The number of aliphatic hydroxyl groups excluding tert-OH is 3. The number of hydrogen-bond acceptors (Lipinski definition) is 3. The van der Waals surface area contributed by atoms with Crippen LogP contribution in [0.5, 0.6) is 0 Å². The van der Waals surface area contributed by atoms with E-state index in [4.69, 9.17) is 0 Å². The molecule has 0 unspecified atom stereocenters. The van der Waals surface area contributed by atoms with Crippen LogP contribution in [-0.2, 0) is 0 Å². The number of aliphatic hydroxyl groups is 3. The van der Waals surface area contributed by atoms with Crippen molar-refractivity contribution >= 4 is 0 Å². The third-order valence-electron chi connectivity index (χ3n) is 8.53. The van der Waals surface area contributed by atoms with Crippen LogP contribution in [0.2, 0.25) is 0 Å². The first-order chi connectivity index (χ1) is 20.0. The molecule has 3 heteroatoms. The van der Waals surface area contributed by atoms with Crippen molar-refractivity contribution in [3.05, 3.63) is 130 Å². The molecule has 234 valence electrons. The van der Waals surface area contributed by atoms with E-state index in [0.29, 0.717) is 12.3 Å². The van der Waals surface area contributed by atoms with E-state index in [1.54, 1.807) is 0 Å². The van der Waals surface area contributed by atoms with Gasteiger partial charge in [0.2, 0.25) is 0 Å². The van der Waals surface area contributed by atoms with Crippen LogP contribution in [0, 0.1) is 16.7 Å². The zero-order valence-electron chi connectivity index (χ0n) is 28.2. The van der Waals surface area contributed by atoms with E-state index in [0.717, 1.165) is 28.7 Å². The lowest BCUT2D eigenvalue weighted by molar-refractivity contribution is 0.00686. The summed E-state index contributed by atoms with van der Waals surface area (Å²) in [6.45, 7) is 21.1. The Hall–Kier alpha value is -2.98. The average Bonchev–Trinajstić information content (AvgIpc) is 2.88. The van der Waals surface area contributed by atoms with Gasteiger partial charge in [-0.1, -0.05) is 147 Å². The highest BCUT2D eigenvalue weighted by molar-refractivity contribution is 5.39. The summed E-state index contributed by atoms with van der Waals surface area (Å²) >= 11 is 0. The third kappa shape index (κ3) is 11.6. The molecule has 0 aromatic carbocycles. The summed E-state index contributed by atoms with van der Waals surface area (Å²) in [6, 6.07) is 0. The molecular formula is C40H56O3. The summed E-state index contributed by atoms with van der Waals surface area (Å²) in [6.07, 6.45) is 30.9. The fourth-order valence-corrected chi connectivity index (χ4v) is 6.05. The summed E-state index contributed by atoms with van der Waals surface area (Å²) in [5, 5.41) is 30.5. The molecule has 0 aromatic heterocycles. The van der Waals surface area contributed by atoms with Crippen LogP contribution in [-0.4, -0.2) is 33.6 Å². The molecule has 3 nitrogen and oxygen atoms in total. The molecule has 3 N–H and O–H groups in total. The van der Waals surface area contributed by atoms with Gasteiger partial charge in [0.15, 0.2) is 0 Å². The summed E-state index contributed by atoms with van der Waals surface area (Å²) in [7, 11) is 0. The quantitative estimate of drug-likeness (QED) is 0.177. The Balaban J connectivity index is 1.92. The third-order valence-corrected chi connectivity index (χ3v) is 8.53. The maximum atomic E-state index is 10.3. The summed E-state index contributed by atoms with van der Waals surface area (Å²) in [5.41, 5.74) is 7.70. The summed E-state index contributed by atoms with van der Waals surface area (Å²) in [4.78, 5) is 0. The van der Waals surface area contributed by atoms with Gasteiger partial charge in [0.1, 0.15) is 6.10 Å². The molecule has 43 heavy (non-hydrogen) atoms. The predicted molar refractivity (Wildman–Crippen MR) is 185 cm³/mol. The lowest BCUT2D eigenvalue weighted by Crippen LogP contribution is -2.38. The Morgan fingerprint density at radius 1 is 0.698 bits per heavy atom. The van der Waals surface area contributed by atoms with E-state index >= 15 is 0 Å². The smallest absolute Gasteiger partial charge is 0.101 e. The van der Waals surface area contributed by atoms with Crippen LogP contribution in [0.1, 0.15) is 82.1 Å². The molecule has 2 aliphatic carbocycles. The first-order valence-electron chi connectivity index (χ1n) is 15.6. The van der Waals surface area contributed by atoms with Gasteiger partial charge in [-0.25, -0.2) is 0 Å². The molecule has 2 rings (SSSR count). The fraction of sp³-hybridized carbons (Fsp3) is 0.450. The Kier molecular flexibility index (Phi) is 13.6. The van der Waals surface area contributed by atoms with Gasteiger partial charge < -0.3 is 15.3 Å². The Labute approximate surface area is 262 Å². The molecule has 0 radical (unpaired) electrons. The van der Waals surface area contributed by atoms with Gasteiger partial charge in [-0.15, -0.1) is 0 Å². The van der Waals surface area contributed by atoms with Crippen LogP contribution >= 0.6 is 0 Å². The topological polar surface area (TPSA) is 60.7 Å². The second kappa shape index (κ2) is 16.2. The van der Waals surface area contributed by atoms with Crippen LogP contribution in [0.3, 0.4) is 0 Å². The normalized spacial score (nSPS) is 28.0. The van der Waals surface area contributed by atoms with Crippen LogP contribution in [0.15, 0.2) is 130 Å². The van der Waals surface area contributed by atoms with Crippen molar-refractivity contribution < 1.29 is 15.3 Å². The van der Waals surface area contributed by atoms with Gasteiger partial charge in [0.05, 0.1) is 12.2 Å². The van der Waals surface area contributed by atoms with Crippen LogP contribution in [0.4, 0.5) is 0 Å². The molecule has 0 aromatic rings. The minimum Gasteiger partial charge on any atom is -0.390 e. The molecule has 0 aliphatic heterocycles. The van der Waals surface area contributed by atoms with Gasteiger partial charge in [0.25, 0.3) is 0 Å². The zero-order chi connectivity index (χ0) is 32.4. The van der Waals surface area contributed by atoms with E-state index in [2.05, 4.69) is 141 Å². The Morgan fingerprint density at radius 3 is 1.72 bits per heavy atom. The fourth-order valence-electron chi connectivity index (χ4n) is 6.05. The van der Waals surface area contributed by atoms with Crippen molar-refractivity contribution in [1.82, 2.24) is 0 Å². The highest BCUT2D eigenvalue weighted by Gasteiger charge is 2.37. The highest BCUT2D eigenvalue weighted by Crippen LogP contribution is 2.42. The molecule has 0 saturated heterocycles. The number of allylic oxidation sites excluding steroid dienone is 20. The predicted octanol–water partition coefficient (Wildman–Crippen LogP) is 9.37. The van der Waals surface area contributed by atoms with E-state index in [1.807, 2.05) is 19.1 Å². The average molecular weight is 585 g/mol. The SMILES string of the molecule is CC1=C[C@@H](O)CC(C)(C)[C@H]1/C=C/C(C)=C/C=C/C(C)=C/C=C/C=C(C)/C=C/C=C(C)/C=C/C1=C(C)[C@@H](O)[C@@H](O)CC1(C)C. The largest absolute Gasteiger partial charge is 0.390 e. The van der Waals surface area contributed by atoms with E-state index in [9.17, 15) is 15.3 Å². The van der Waals surface area contributed by atoms with E-state index in [-0.39, 0.29) is 16.9 Å². The minimum atomic E-state index is -0.792. The Morgan fingerprint density at radius 2 is 1.19 bits per heavy atom. The first kappa shape index (κ1) is 36.2. The summed E-state index contributed by atoms with van der Waals surface area (Å²) in [5.74, 6) is 0.340. The molecule has 0 fully saturated rings. The van der Waals surface area contributed by atoms with Gasteiger partial charge in [-0.3, -0.25) is 0 Å². The van der Waals surface area contributed by atoms with Crippen LogP contribution in [0.25, 0.3) is 0 Å². The maximum Gasteiger partial charge on any atom is 0.101 e. The second-order valence-corrected chi connectivity index (χ2v) is 13.8. The van der Waals surface area contributed by atoms with Gasteiger partial charge in [-0.2, -0.15) is 0 Å². The van der Waals surface area contributed by atoms with Crippen molar-refractivity contribution in [2.75, 3.05) is 0 Å².